The summed E-state index contributed by atoms with van der Waals surface area (Å²) in [6, 6.07) is 8.48. The Bertz CT molecular complexity index is 632. The van der Waals surface area contributed by atoms with E-state index in [-0.39, 0.29) is 11.7 Å². The minimum Gasteiger partial charge on any atom is -0.508 e. The molecule has 1 unspecified atom stereocenters. The van der Waals surface area contributed by atoms with Crippen LogP contribution in [0.15, 0.2) is 36.5 Å². The number of amides is 1. The van der Waals surface area contributed by atoms with Crippen LogP contribution in [-0.4, -0.2) is 33.9 Å². The molecule has 3 rings (SSSR count). The van der Waals surface area contributed by atoms with Crippen molar-refractivity contribution in [1.29, 1.82) is 0 Å². The summed E-state index contributed by atoms with van der Waals surface area (Å²) >= 11 is 0. The van der Waals surface area contributed by atoms with E-state index < -0.39 is 0 Å². The Morgan fingerprint density at radius 3 is 3.10 bits per heavy atom. The molecule has 1 aliphatic heterocycles. The predicted octanol–water partition coefficient (Wildman–Crippen LogP) is 1.77. The van der Waals surface area contributed by atoms with Crippen molar-refractivity contribution in [2.45, 2.75) is 18.9 Å². The summed E-state index contributed by atoms with van der Waals surface area (Å²) in [5.41, 5.74) is 0.929. The van der Waals surface area contributed by atoms with E-state index in [2.05, 4.69) is 15.7 Å². The molecule has 1 saturated heterocycles. The van der Waals surface area contributed by atoms with Crippen LogP contribution < -0.4 is 10.6 Å². The molecule has 1 fully saturated rings. The van der Waals surface area contributed by atoms with Crippen LogP contribution in [0.2, 0.25) is 0 Å². The molecular weight excluding hydrogens is 268 g/mol. The second-order valence-corrected chi connectivity index (χ2v) is 5.19. The maximum atomic E-state index is 12.1. The minimum absolute atomic E-state index is 0.117. The molecule has 6 nitrogen and oxygen atoms in total. The first kappa shape index (κ1) is 13.6. The van der Waals surface area contributed by atoms with Gasteiger partial charge in [0.25, 0.3) is 5.91 Å². The van der Waals surface area contributed by atoms with Crippen molar-refractivity contribution < 1.29 is 9.90 Å². The number of hydrogen-bond acceptors (Lipinski definition) is 4. The lowest BCUT2D eigenvalue weighted by Gasteiger charge is -2.22. The molecule has 2 aromatic rings. The smallest absolute Gasteiger partial charge is 0.276 e. The zero-order valence-electron chi connectivity index (χ0n) is 11.6. The van der Waals surface area contributed by atoms with Gasteiger partial charge in [-0.3, -0.25) is 9.48 Å². The Hall–Kier alpha value is -2.34. The van der Waals surface area contributed by atoms with E-state index in [1.54, 1.807) is 24.3 Å². The van der Waals surface area contributed by atoms with Gasteiger partial charge in [-0.25, -0.2) is 0 Å². The standard InChI is InChI=1S/C15H18N4O2/c20-13-5-1-3-11(9-13)17-15(21)14-6-8-19(18-14)12-4-2-7-16-10-12/h1,3,5-6,8-9,12,16,20H,2,4,7,10H2,(H,17,21). The van der Waals surface area contributed by atoms with E-state index in [1.807, 2.05) is 10.9 Å². The van der Waals surface area contributed by atoms with Crippen LogP contribution >= 0.6 is 0 Å². The van der Waals surface area contributed by atoms with Gasteiger partial charge in [-0.05, 0) is 37.6 Å². The summed E-state index contributed by atoms with van der Waals surface area (Å²) in [5, 5.41) is 19.8. The van der Waals surface area contributed by atoms with E-state index >= 15 is 0 Å². The van der Waals surface area contributed by atoms with Crippen LogP contribution in [-0.2, 0) is 0 Å². The van der Waals surface area contributed by atoms with E-state index in [0.717, 1.165) is 25.9 Å². The van der Waals surface area contributed by atoms with Crippen LogP contribution in [0.1, 0.15) is 29.4 Å². The lowest BCUT2D eigenvalue weighted by Crippen LogP contribution is -2.32. The van der Waals surface area contributed by atoms with Crippen LogP contribution in [0.5, 0.6) is 5.75 Å². The van der Waals surface area contributed by atoms with Crippen LogP contribution in [0, 0.1) is 0 Å². The Morgan fingerprint density at radius 1 is 1.43 bits per heavy atom. The molecule has 21 heavy (non-hydrogen) atoms. The summed E-state index contributed by atoms with van der Waals surface area (Å²) in [5.74, 6) is -0.158. The first-order valence-electron chi connectivity index (χ1n) is 7.08. The van der Waals surface area contributed by atoms with Gasteiger partial charge >= 0.3 is 0 Å². The molecule has 0 saturated carbocycles. The summed E-state index contributed by atoms with van der Waals surface area (Å²) in [6.07, 6.45) is 4.03. The van der Waals surface area contributed by atoms with E-state index in [0.29, 0.717) is 17.4 Å². The van der Waals surface area contributed by atoms with Gasteiger partial charge in [0, 0.05) is 24.5 Å². The number of nitrogens with zero attached hydrogens (tertiary/aromatic N) is 2. The maximum absolute atomic E-state index is 12.1. The fraction of sp³-hybridized carbons (Fsp3) is 0.333. The topological polar surface area (TPSA) is 79.2 Å². The summed E-state index contributed by atoms with van der Waals surface area (Å²) in [6.45, 7) is 1.93. The lowest BCUT2D eigenvalue weighted by molar-refractivity contribution is 0.102. The van der Waals surface area contributed by atoms with Gasteiger partial charge in [0.15, 0.2) is 5.69 Å². The van der Waals surface area contributed by atoms with Gasteiger partial charge in [-0.1, -0.05) is 6.07 Å². The van der Waals surface area contributed by atoms with E-state index in [4.69, 9.17) is 0 Å². The molecule has 0 bridgehead atoms. The molecule has 2 heterocycles. The molecule has 1 atom stereocenters. The molecule has 3 N–H and O–H groups in total. The fourth-order valence-corrected chi connectivity index (χ4v) is 2.50. The molecule has 0 spiro atoms. The second kappa shape index (κ2) is 5.97. The highest BCUT2D eigenvalue weighted by molar-refractivity contribution is 6.02. The van der Waals surface area contributed by atoms with Gasteiger partial charge in [-0.15, -0.1) is 0 Å². The first-order chi connectivity index (χ1) is 10.2. The van der Waals surface area contributed by atoms with E-state index in [1.165, 1.54) is 6.07 Å². The fourth-order valence-electron chi connectivity index (χ4n) is 2.50. The second-order valence-electron chi connectivity index (χ2n) is 5.19. The number of phenols is 1. The average molecular weight is 286 g/mol. The highest BCUT2D eigenvalue weighted by Gasteiger charge is 2.17. The number of nitrogens with one attached hydrogen (secondary N) is 2. The zero-order chi connectivity index (χ0) is 14.7. The Kier molecular flexibility index (Phi) is 3.87. The van der Waals surface area contributed by atoms with E-state index in [9.17, 15) is 9.90 Å². The predicted molar refractivity (Wildman–Crippen MR) is 79.4 cm³/mol. The molecule has 1 aromatic carbocycles. The van der Waals surface area contributed by atoms with Crippen molar-refractivity contribution in [2.75, 3.05) is 18.4 Å². The average Bonchev–Trinajstić information content (AvgIpc) is 2.98. The molecule has 1 aromatic heterocycles. The van der Waals surface area contributed by atoms with Crippen molar-refractivity contribution in [2.24, 2.45) is 0 Å². The highest BCUT2D eigenvalue weighted by Crippen LogP contribution is 2.18. The zero-order valence-corrected chi connectivity index (χ0v) is 11.6. The number of piperidine rings is 1. The third kappa shape index (κ3) is 3.22. The van der Waals surface area contributed by atoms with Gasteiger partial charge in [0.1, 0.15) is 5.75 Å². The minimum atomic E-state index is -0.275. The molecular formula is C15H18N4O2. The number of aromatic hydroxyl groups is 1. The van der Waals surface area contributed by atoms with Gasteiger partial charge in [0.2, 0.25) is 0 Å². The number of benzene rings is 1. The third-order valence-electron chi connectivity index (χ3n) is 3.59. The largest absolute Gasteiger partial charge is 0.508 e. The lowest BCUT2D eigenvalue weighted by atomic mass is 10.1. The number of carbonyl (C=O) groups excluding carboxylic acids is 1. The normalized spacial score (nSPS) is 18.4. The number of anilines is 1. The molecule has 6 heteroatoms. The van der Waals surface area contributed by atoms with Crippen LogP contribution in [0.3, 0.4) is 0 Å². The highest BCUT2D eigenvalue weighted by atomic mass is 16.3. The maximum Gasteiger partial charge on any atom is 0.276 e. The SMILES string of the molecule is O=C(Nc1cccc(O)c1)c1ccn(C2CCCNC2)n1. The Labute approximate surface area is 122 Å². The number of carbonyl (C=O) groups is 1. The quantitative estimate of drug-likeness (QED) is 0.803. The molecule has 110 valence electrons. The number of phenolic OH excluding ortho intramolecular Hbond substituents is 1. The molecule has 1 amide bonds. The van der Waals surface area contributed by atoms with Crippen molar-refractivity contribution in [3.05, 3.63) is 42.2 Å². The Balaban J connectivity index is 1.69. The summed E-state index contributed by atoms with van der Waals surface area (Å²) < 4.78 is 1.85. The van der Waals surface area contributed by atoms with Gasteiger partial charge in [-0.2, -0.15) is 5.10 Å². The van der Waals surface area contributed by atoms with Crippen LogP contribution in [0.4, 0.5) is 5.69 Å². The molecule has 0 radical (unpaired) electrons. The van der Waals surface area contributed by atoms with Crippen molar-refractivity contribution in [3.8, 4) is 5.75 Å². The third-order valence-corrected chi connectivity index (χ3v) is 3.59. The van der Waals surface area contributed by atoms with Gasteiger partial charge in [0.05, 0.1) is 6.04 Å². The van der Waals surface area contributed by atoms with Crippen molar-refractivity contribution in [3.63, 3.8) is 0 Å². The number of rotatable bonds is 3. The van der Waals surface area contributed by atoms with Crippen molar-refractivity contribution >= 4 is 11.6 Å². The Morgan fingerprint density at radius 2 is 2.33 bits per heavy atom. The number of hydrogen-bond donors (Lipinski definition) is 3. The summed E-state index contributed by atoms with van der Waals surface area (Å²) in [7, 11) is 0. The van der Waals surface area contributed by atoms with Crippen molar-refractivity contribution in [1.82, 2.24) is 15.1 Å². The van der Waals surface area contributed by atoms with Crippen LogP contribution in [0.25, 0.3) is 0 Å². The first-order valence-corrected chi connectivity index (χ1v) is 7.08. The summed E-state index contributed by atoms with van der Waals surface area (Å²) in [4.78, 5) is 12.1. The van der Waals surface area contributed by atoms with Gasteiger partial charge < -0.3 is 15.7 Å². The number of aromatic nitrogens is 2. The molecule has 1 aliphatic rings. The monoisotopic (exact) mass is 286 g/mol. The molecule has 0 aliphatic carbocycles.